The smallest absolute Gasteiger partial charge is 0.309 e. The average molecular weight is 295 g/mol. The highest BCUT2D eigenvalue weighted by Crippen LogP contribution is 2.20. The number of piperidine rings is 1. The van der Waals surface area contributed by atoms with Crippen LogP contribution in [0.1, 0.15) is 45.3 Å². The van der Waals surface area contributed by atoms with Gasteiger partial charge in [-0.1, -0.05) is 19.0 Å². The third-order valence-corrected chi connectivity index (χ3v) is 3.67. The van der Waals surface area contributed by atoms with E-state index in [1.54, 1.807) is 0 Å². The van der Waals surface area contributed by atoms with E-state index >= 15 is 0 Å². The molecule has 118 valence electrons. The average Bonchev–Trinajstić information content (AvgIpc) is 2.86. The molecule has 0 spiro atoms. The van der Waals surface area contributed by atoms with Crippen LogP contribution in [0.25, 0.3) is 0 Å². The summed E-state index contributed by atoms with van der Waals surface area (Å²) in [5, 5.41) is 4.00. The Kier molecular flexibility index (Phi) is 5.73. The minimum Gasteiger partial charge on any atom is -0.466 e. The van der Waals surface area contributed by atoms with Crippen LogP contribution in [0.5, 0.6) is 0 Å². The van der Waals surface area contributed by atoms with Crippen LogP contribution in [0.4, 0.5) is 0 Å². The second-order valence-corrected chi connectivity index (χ2v) is 6.00. The quantitative estimate of drug-likeness (QED) is 0.748. The Balaban J connectivity index is 1.78. The first-order valence-corrected chi connectivity index (χ1v) is 7.79. The van der Waals surface area contributed by atoms with Gasteiger partial charge >= 0.3 is 5.97 Å². The fourth-order valence-electron chi connectivity index (χ4n) is 2.58. The van der Waals surface area contributed by atoms with E-state index in [0.29, 0.717) is 25.0 Å². The van der Waals surface area contributed by atoms with Crippen molar-refractivity contribution in [1.82, 2.24) is 15.0 Å². The van der Waals surface area contributed by atoms with E-state index in [0.717, 1.165) is 38.2 Å². The van der Waals surface area contributed by atoms with Gasteiger partial charge in [-0.15, -0.1) is 0 Å². The number of rotatable bonds is 6. The van der Waals surface area contributed by atoms with Crippen LogP contribution in [0, 0.1) is 11.8 Å². The largest absolute Gasteiger partial charge is 0.466 e. The van der Waals surface area contributed by atoms with Gasteiger partial charge in [0, 0.05) is 6.42 Å². The molecule has 6 nitrogen and oxygen atoms in total. The molecule has 1 aromatic rings. The number of esters is 1. The van der Waals surface area contributed by atoms with E-state index in [2.05, 4.69) is 28.9 Å². The van der Waals surface area contributed by atoms with Crippen molar-refractivity contribution in [2.75, 3.05) is 19.7 Å². The first-order chi connectivity index (χ1) is 10.1. The molecule has 1 fully saturated rings. The van der Waals surface area contributed by atoms with Crippen LogP contribution in [0.15, 0.2) is 4.52 Å². The molecule has 1 aliphatic heterocycles. The van der Waals surface area contributed by atoms with Crippen molar-refractivity contribution in [3.63, 3.8) is 0 Å². The number of nitrogens with zero attached hydrogens (tertiary/aromatic N) is 3. The summed E-state index contributed by atoms with van der Waals surface area (Å²) in [4.78, 5) is 18.4. The Morgan fingerprint density at radius 1 is 1.43 bits per heavy atom. The third kappa shape index (κ3) is 4.81. The molecule has 0 aliphatic carbocycles. The Morgan fingerprint density at radius 3 is 2.76 bits per heavy atom. The van der Waals surface area contributed by atoms with Gasteiger partial charge in [0.1, 0.15) is 0 Å². The van der Waals surface area contributed by atoms with E-state index in [4.69, 9.17) is 9.26 Å². The first kappa shape index (κ1) is 15.9. The second-order valence-electron chi connectivity index (χ2n) is 6.00. The van der Waals surface area contributed by atoms with Gasteiger partial charge in [0.2, 0.25) is 5.89 Å². The van der Waals surface area contributed by atoms with Gasteiger partial charge in [-0.25, -0.2) is 0 Å². The molecular weight excluding hydrogens is 270 g/mol. The van der Waals surface area contributed by atoms with E-state index in [-0.39, 0.29) is 11.9 Å². The summed E-state index contributed by atoms with van der Waals surface area (Å²) in [7, 11) is 0. The van der Waals surface area contributed by atoms with Crippen LogP contribution < -0.4 is 0 Å². The predicted molar refractivity (Wildman–Crippen MR) is 77.5 cm³/mol. The Morgan fingerprint density at radius 2 is 2.14 bits per heavy atom. The van der Waals surface area contributed by atoms with Crippen molar-refractivity contribution in [1.29, 1.82) is 0 Å². The van der Waals surface area contributed by atoms with Crippen LogP contribution >= 0.6 is 0 Å². The highest BCUT2D eigenvalue weighted by molar-refractivity contribution is 5.72. The van der Waals surface area contributed by atoms with Crippen molar-refractivity contribution in [3.8, 4) is 0 Å². The summed E-state index contributed by atoms with van der Waals surface area (Å²) in [5.41, 5.74) is 0. The molecule has 1 aromatic heterocycles. The highest BCUT2D eigenvalue weighted by atomic mass is 16.5. The van der Waals surface area contributed by atoms with Gasteiger partial charge < -0.3 is 9.26 Å². The third-order valence-electron chi connectivity index (χ3n) is 3.67. The summed E-state index contributed by atoms with van der Waals surface area (Å²) in [6, 6.07) is 0. The topological polar surface area (TPSA) is 68.5 Å². The molecular formula is C15H25N3O3. The molecule has 0 bridgehead atoms. The SMILES string of the molecule is CCOC(=O)C1CCN(Cc2nc(CC(C)C)no2)CC1. The van der Waals surface area contributed by atoms with Gasteiger partial charge in [0.25, 0.3) is 0 Å². The summed E-state index contributed by atoms with van der Waals surface area (Å²) in [6.45, 7) is 8.97. The molecule has 0 aromatic carbocycles. The second kappa shape index (κ2) is 7.54. The summed E-state index contributed by atoms with van der Waals surface area (Å²) >= 11 is 0. The number of hydrogen-bond donors (Lipinski definition) is 0. The zero-order chi connectivity index (χ0) is 15.2. The van der Waals surface area contributed by atoms with Crippen molar-refractivity contribution < 1.29 is 14.1 Å². The molecule has 0 amide bonds. The molecule has 2 rings (SSSR count). The van der Waals surface area contributed by atoms with Gasteiger partial charge in [0.05, 0.1) is 19.1 Å². The maximum Gasteiger partial charge on any atom is 0.309 e. The highest BCUT2D eigenvalue weighted by Gasteiger charge is 2.26. The molecule has 1 saturated heterocycles. The predicted octanol–water partition coefficient (Wildman–Crippen LogP) is 2.04. The summed E-state index contributed by atoms with van der Waals surface area (Å²) in [5.74, 6) is 1.95. The minimum atomic E-state index is -0.0610. The zero-order valence-corrected chi connectivity index (χ0v) is 13.2. The fourth-order valence-corrected chi connectivity index (χ4v) is 2.58. The Hall–Kier alpha value is -1.43. The molecule has 0 unspecified atom stereocenters. The monoisotopic (exact) mass is 295 g/mol. The van der Waals surface area contributed by atoms with Gasteiger partial charge in [-0.05, 0) is 38.8 Å². The number of carbonyl (C=O) groups excluding carboxylic acids is 1. The van der Waals surface area contributed by atoms with E-state index < -0.39 is 0 Å². The molecule has 0 atom stereocenters. The van der Waals surface area contributed by atoms with E-state index in [1.807, 2.05) is 6.92 Å². The normalized spacial score (nSPS) is 17.3. The zero-order valence-electron chi connectivity index (χ0n) is 13.2. The molecule has 0 N–H and O–H groups in total. The number of likely N-dealkylation sites (tertiary alicyclic amines) is 1. The van der Waals surface area contributed by atoms with Crippen molar-refractivity contribution in [3.05, 3.63) is 11.7 Å². The van der Waals surface area contributed by atoms with Crippen molar-refractivity contribution in [2.45, 2.75) is 46.6 Å². The van der Waals surface area contributed by atoms with Crippen LogP contribution in [0.2, 0.25) is 0 Å². The van der Waals surface area contributed by atoms with Crippen LogP contribution in [-0.2, 0) is 22.5 Å². The standard InChI is InChI=1S/C15H25N3O3/c1-4-20-15(19)12-5-7-18(8-6-12)10-14-16-13(17-21-14)9-11(2)3/h11-12H,4-10H2,1-3H3. The number of carbonyl (C=O) groups is 1. The van der Waals surface area contributed by atoms with Gasteiger partial charge in [-0.3, -0.25) is 9.69 Å². The number of hydrogen-bond acceptors (Lipinski definition) is 6. The van der Waals surface area contributed by atoms with Crippen LogP contribution in [-0.4, -0.2) is 40.7 Å². The molecule has 1 aliphatic rings. The first-order valence-electron chi connectivity index (χ1n) is 7.79. The lowest BCUT2D eigenvalue weighted by atomic mass is 9.97. The van der Waals surface area contributed by atoms with Crippen molar-refractivity contribution >= 4 is 5.97 Å². The molecule has 0 radical (unpaired) electrons. The Bertz CT molecular complexity index is 451. The lowest BCUT2D eigenvalue weighted by molar-refractivity contribution is -0.149. The maximum atomic E-state index is 11.7. The van der Waals surface area contributed by atoms with E-state index in [9.17, 15) is 4.79 Å². The van der Waals surface area contributed by atoms with E-state index in [1.165, 1.54) is 0 Å². The molecule has 2 heterocycles. The lowest BCUT2D eigenvalue weighted by Gasteiger charge is -2.29. The Labute approximate surface area is 125 Å². The lowest BCUT2D eigenvalue weighted by Crippen LogP contribution is -2.36. The molecule has 6 heteroatoms. The summed E-state index contributed by atoms with van der Waals surface area (Å²) < 4.78 is 10.4. The molecule has 0 saturated carbocycles. The fraction of sp³-hybridized carbons (Fsp3) is 0.800. The summed E-state index contributed by atoms with van der Waals surface area (Å²) in [6.07, 6.45) is 2.52. The van der Waals surface area contributed by atoms with Gasteiger partial charge in [0.15, 0.2) is 5.82 Å². The van der Waals surface area contributed by atoms with Gasteiger partial charge in [-0.2, -0.15) is 4.98 Å². The van der Waals surface area contributed by atoms with Crippen molar-refractivity contribution in [2.24, 2.45) is 11.8 Å². The molecule has 21 heavy (non-hydrogen) atoms. The minimum absolute atomic E-state index is 0.0420. The van der Waals surface area contributed by atoms with Crippen LogP contribution in [0.3, 0.4) is 0 Å². The maximum absolute atomic E-state index is 11.7. The number of aromatic nitrogens is 2. The number of ether oxygens (including phenoxy) is 1.